The molecule has 2 N–H and O–H groups in total. The smallest absolute Gasteiger partial charge is 0.308 e. The van der Waals surface area contributed by atoms with E-state index in [1.165, 1.54) is 16.7 Å². The van der Waals surface area contributed by atoms with Gasteiger partial charge in [-0.05, 0) is 52.4 Å². The molecule has 0 aromatic rings. The van der Waals surface area contributed by atoms with Crippen LogP contribution in [0.1, 0.15) is 67.7 Å². The number of likely N-dealkylation sites (tertiary alicyclic amines) is 1. The molecule has 3 aliphatic heterocycles. The minimum absolute atomic E-state index is 0.0317. The molecule has 186 valence electrons. The first-order chi connectivity index (χ1) is 15.1. The first kappa shape index (κ1) is 26.1. The van der Waals surface area contributed by atoms with E-state index < -0.39 is 44.9 Å². The van der Waals surface area contributed by atoms with Crippen LogP contribution in [0.25, 0.3) is 0 Å². The van der Waals surface area contributed by atoms with Crippen LogP contribution in [0.2, 0.25) is 0 Å². The summed E-state index contributed by atoms with van der Waals surface area (Å²) in [5.41, 5.74) is -0.539. The zero-order valence-corrected chi connectivity index (χ0v) is 21.9. The number of carbonyl (C=O) groups is 3. The molecule has 0 aliphatic carbocycles. The fourth-order valence-electron chi connectivity index (χ4n) is 6.89. The summed E-state index contributed by atoms with van der Waals surface area (Å²) in [4.78, 5) is 43.8. The Morgan fingerprint density at radius 2 is 1.91 bits per heavy atom. The maximum atomic E-state index is 14.4. The molecule has 7 nitrogen and oxygen atoms in total. The van der Waals surface area contributed by atoms with E-state index in [1.54, 1.807) is 13.0 Å². The molecule has 33 heavy (non-hydrogen) atoms. The molecule has 0 aromatic carbocycles. The number of hydrogen-bond acceptors (Lipinski definition) is 5. The summed E-state index contributed by atoms with van der Waals surface area (Å²) >= 11 is 1.52. The van der Waals surface area contributed by atoms with Gasteiger partial charge in [-0.1, -0.05) is 26.8 Å². The first-order valence-electron chi connectivity index (χ1n) is 11.8. The summed E-state index contributed by atoms with van der Waals surface area (Å²) in [7, 11) is 0. The van der Waals surface area contributed by atoms with Gasteiger partial charge < -0.3 is 20.0 Å². The van der Waals surface area contributed by atoms with E-state index in [9.17, 15) is 24.6 Å². The third-order valence-electron chi connectivity index (χ3n) is 7.72. The first-order valence-corrected chi connectivity index (χ1v) is 12.7. The van der Waals surface area contributed by atoms with Crippen LogP contribution in [0.3, 0.4) is 0 Å². The summed E-state index contributed by atoms with van der Waals surface area (Å²) < 4.78 is -1.38. The van der Waals surface area contributed by atoms with Crippen LogP contribution in [0.15, 0.2) is 12.7 Å². The zero-order valence-electron chi connectivity index (χ0n) is 21.1. The van der Waals surface area contributed by atoms with Gasteiger partial charge in [0.05, 0.1) is 29.2 Å². The van der Waals surface area contributed by atoms with Gasteiger partial charge in [0.1, 0.15) is 6.04 Å². The fourth-order valence-corrected chi connectivity index (χ4v) is 9.22. The second-order valence-electron chi connectivity index (χ2n) is 12.1. The summed E-state index contributed by atoms with van der Waals surface area (Å²) in [6, 6.07) is -1.39. The highest BCUT2D eigenvalue weighted by Gasteiger charge is 2.78. The highest BCUT2D eigenvalue weighted by molar-refractivity contribution is 8.02. The Kier molecular flexibility index (Phi) is 6.55. The van der Waals surface area contributed by atoms with E-state index in [4.69, 9.17) is 0 Å². The van der Waals surface area contributed by atoms with Crippen LogP contribution in [-0.2, 0) is 14.4 Å². The fraction of sp³-hybridized carbons (Fsp3) is 0.800. The Balaban J connectivity index is 2.13. The van der Waals surface area contributed by atoms with Crippen LogP contribution >= 0.6 is 11.8 Å². The highest BCUT2D eigenvalue weighted by atomic mass is 32.2. The van der Waals surface area contributed by atoms with Crippen molar-refractivity contribution in [2.75, 3.05) is 13.2 Å². The Morgan fingerprint density at radius 3 is 2.39 bits per heavy atom. The normalized spacial score (nSPS) is 34.4. The number of fused-ring (bicyclic) bond motifs is 1. The van der Waals surface area contributed by atoms with Crippen molar-refractivity contribution in [3.05, 3.63) is 12.7 Å². The molecule has 3 heterocycles. The average Bonchev–Trinajstić information content (AvgIpc) is 3.23. The molecule has 0 radical (unpaired) electrons. The predicted octanol–water partition coefficient (Wildman–Crippen LogP) is 3.16. The Hall–Kier alpha value is -1.54. The van der Waals surface area contributed by atoms with Crippen LogP contribution in [0.4, 0.5) is 0 Å². The van der Waals surface area contributed by atoms with Crippen molar-refractivity contribution in [3.63, 3.8) is 0 Å². The second kappa shape index (κ2) is 8.29. The molecule has 3 aliphatic rings. The summed E-state index contributed by atoms with van der Waals surface area (Å²) in [6.45, 7) is 18.0. The van der Waals surface area contributed by atoms with Gasteiger partial charge in [0, 0.05) is 16.8 Å². The maximum absolute atomic E-state index is 14.4. The minimum Gasteiger partial charge on any atom is -0.481 e. The second-order valence-corrected chi connectivity index (χ2v) is 14.0. The van der Waals surface area contributed by atoms with E-state index in [0.29, 0.717) is 19.4 Å². The maximum Gasteiger partial charge on any atom is 0.308 e. The lowest BCUT2D eigenvalue weighted by atomic mass is 9.66. The Bertz CT molecular complexity index is 852. The van der Waals surface area contributed by atoms with E-state index in [2.05, 4.69) is 27.4 Å². The number of rotatable bonds is 8. The molecule has 2 unspecified atom stereocenters. The molecule has 0 saturated carbocycles. The number of carbonyl (C=O) groups excluding carboxylic acids is 2. The molecule has 3 rings (SSSR count). The number of carboxylic acid groups (broad SMARTS) is 1. The molecule has 8 heteroatoms. The number of aliphatic hydroxyl groups is 1. The van der Waals surface area contributed by atoms with Crippen LogP contribution in [-0.4, -0.2) is 78.1 Å². The molecule has 2 bridgehead atoms. The van der Waals surface area contributed by atoms with Gasteiger partial charge in [-0.25, -0.2) is 0 Å². The number of aliphatic hydroxyl groups excluding tert-OH is 1. The van der Waals surface area contributed by atoms with Crippen LogP contribution < -0.4 is 0 Å². The van der Waals surface area contributed by atoms with Gasteiger partial charge in [0.15, 0.2) is 0 Å². The van der Waals surface area contributed by atoms with Gasteiger partial charge in [-0.15, -0.1) is 18.3 Å². The zero-order chi connectivity index (χ0) is 25.1. The molecular formula is C25H40N2O5S. The van der Waals surface area contributed by atoms with Crippen LogP contribution in [0, 0.1) is 17.3 Å². The predicted molar refractivity (Wildman–Crippen MR) is 130 cm³/mol. The molecule has 6 atom stereocenters. The largest absolute Gasteiger partial charge is 0.481 e. The van der Waals surface area contributed by atoms with Crippen molar-refractivity contribution in [1.29, 1.82) is 0 Å². The minimum atomic E-state index is -0.981. The number of hydrogen-bond donors (Lipinski definition) is 2. The van der Waals surface area contributed by atoms with E-state index in [-0.39, 0.29) is 23.8 Å². The summed E-state index contributed by atoms with van der Waals surface area (Å²) in [6.07, 6.45) is 3.71. The summed E-state index contributed by atoms with van der Waals surface area (Å²) in [5.74, 6) is -3.08. The molecule has 0 aromatic heterocycles. The summed E-state index contributed by atoms with van der Waals surface area (Å²) in [5, 5.41) is 20.0. The van der Waals surface area contributed by atoms with Gasteiger partial charge in [-0.3, -0.25) is 14.4 Å². The topological polar surface area (TPSA) is 98.2 Å². The number of nitrogens with zero attached hydrogens (tertiary/aromatic N) is 2. The SMILES string of the molecule is C=CCN(C(=O)C1N([C@H](C)CO)C(=O)[C@@H]2[C@@H](C(=O)O)[C@@]3(C)CCC12S3)C(C)(C)CC(C)(C)C. The third-order valence-corrected chi connectivity index (χ3v) is 9.71. The van der Waals surface area contributed by atoms with Crippen molar-refractivity contribution >= 4 is 29.5 Å². The van der Waals surface area contributed by atoms with Crippen molar-refractivity contribution < 1.29 is 24.6 Å². The van der Waals surface area contributed by atoms with E-state index in [0.717, 1.165) is 6.42 Å². The van der Waals surface area contributed by atoms with Crippen LogP contribution in [0.5, 0.6) is 0 Å². The van der Waals surface area contributed by atoms with Gasteiger partial charge >= 0.3 is 5.97 Å². The Labute approximate surface area is 202 Å². The van der Waals surface area contributed by atoms with E-state index in [1.807, 2.05) is 25.7 Å². The quantitative estimate of drug-likeness (QED) is 0.518. The van der Waals surface area contributed by atoms with Crippen molar-refractivity contribution in [1.82, 2.24) is 9.80 Å². The number of thioether (sulfide) groups is 1. The molecule has 3 fully saturated rings. The average molecular weight is 481 g/mol. The van der Waals surface area contributed by atoms with Crippen molar-refractivity contribution in [3.8, 4) is 0 Å². The Morgan fingerprint density at radius 1 is 1.30 bits per heavy atom. The highest BCUT2D eigenvalue weighted by Crippen LogP contribution is 2.71. The van der Waals surface area contributed by atoms with Crippen molar-refractivity contribution in [2.45, 2.75) is 94.8 Å². The van der Waals surface area contributed by atoms with Gasteiger partial charge in [0.2, 0.25) is 11.8 Å². The molecule has 2 amide bonds. The number of amides is 2. The number of aliphatic carboxylic acids is 1. The monoisotopic (exact) mass is 480 g/mol. The lowest BCUT2D eigenvalue weighted by molar-refractivity contribution is -0.151. The lowest BCUT2D eigenvalue weighted by Crippen LogP contribution is -2.61. The van der Waals surface area contributed by atoms with Crippen molar-refractivity contribution in [2.24, 2.45) is 17.3 Å². The lowest BCUT2D eigenvalue weighted by Gasteiger charge is -2.46. The third kappa shape index (κ3) is 4.01. The standard InChI is InChI=1S/C25H40N2O5S/c1-9-12-26(23(6,7)14-22(3,4)5)20(30)18-25-11-10-24(8,33-25)17(21(31)32)16(25)19(29)27(18)15(2)13-28/h9,15-18,28H,1,10-14H2,2-8H3,(H,31,32)/t15-,16+,17+,18?,24-,25?/m1/s1. The molecular weight excluding hydrogens is 440 g/mol. The van der Waals surface area contributed by atoms with Gasteiger partial charge in [0.25, 0.3) is 0 Å². The molecule has 1 spiro atoms. The van der Waals surface area contributed by atoms with Gasteiger partial charge in [-0.2, -0.15) is 0 Å². The van der Waals surface area contributed by atoms with E-state index >= 15 is 0 Å². The molecule has 3 saturated heterocycles. The number of carboxylic acids is 1.